The van der Waals surface area contributed by atoms with E-state index in [1.807, 2.05) is 12.3 Å². The van der Waals surface area contributed by atoms with Crippen LogP contribution in [0.3, 0.4) is 0 Å². The third-order valence-electron chi connectivity index (χ3n) is 6.09. The molecule has 1 aliphatic heterocycles. The highest BCUT2D eigenvalue weighted by atomic mass is 16.3. The number of benzene rings is 1. The van der Waals surface area contributed by atoms with Crippen LogP contribution in [0, 0.1) is 0 Å². The summed E-state index contributed by atoms with van der Waals surface area (Å²) >= 11 is 0. The molecule has 1 saturated heterocycles. The average Bonchev–Trinajstić information content (AvgIpc) is 3.21. The molecule has 0 atom stereocenters. The molecule has 3 heterocycles. The summed E-state index contributed by atoms with van der Waals surface area (Å²) in [5.74, 6) is 1.52. The fourth-order valence-electron chi connectivity index (χ4n) is 4.49. The van der Waals surface area contributed by atoms with Gasteiger partial charge in [-0.1, -0.05) is 6.07 Å². The molecule has 2 fully saturated rings. The third kappa shape index (κ3) is 3.80. The van der Waals surface area contributed by atoms with E-state index in [1.54, 1.807) is 0 Å². The zero-order valence-electron chi connectivity index (χ0n) is 16.6. The Morgan fingerprint density at radius 1 is 1.03 bits per heavy atom. The van der Waals surface area contributed by atoms with Crippen LogP contribution in [-0.2, 0) is 0 Å². The van der Waals surface area contributed by atoms with Crippen LogP contribution < -0.4 is 15.5 Å². The Morgan fingerprint density at radius 2 is 1.86 bits per heavy atom. The number of anilines is 2. The molecule has 1 saturated carbocycles. The van der Waals surface area contributed by atoms with Crippen LogP contribution in [0.25, 0.3) is 16.7 Å². The van der Waals surface area contributed by atoms with Crippen LogP contribution in [0.5, 0.6) is 0 Å². The Morgan fingerprint density at radius 3 is 2.69 bits per heavy atom. The van der Waals surface area contributed by atoms with Crippen LogP contribution in [0.4, 0.5) is 11.6 Å². The Labute approximate surface area is 170 Å². The van der Waals surface area contributed by atoms with Crippen LogP contribution in [0.15, 0.2) is 42.7 Å². The summed E-state index contributed by atoms with van der Waals surface area (Å²) < 4.78 is 2.14. The van der Waals surface area contributed by atoms with Gasteiger partial charge in [0.1, 0.15) is 5.82 Å². The van der Waals surface area contributed by atoms with Crippen LogP contribution in [0.2, 0.25) is 0 Å². The van der Waals surface area contributed by atoms with E-state index in [0.717, 1.165) is 63.2 Å². The van der Waals surface area contributed by atoms with Crippen molar-refractivity contribution < 1.29 is 5.11 Å². The van der Waals surface area contributed by atoms with Crippen molar-refractivity contribution in [1.82, 2.24) is 19.9 Å². The first kappa shape index (κ1) is 18.4. The summed E-state index contributed by atoms with van der Waals surface area (Å²) in [5, 5.41) is 17.8. The average molecular weight is 393 g/mol. The Kier molecular flexibility index (Phi) is 5.08. The molecule has 0 spiro atoms. The molecular weight excluding hydrogens is 364 g/mol. The van der Waals surface area contributed by atoms with Gasteiger partial charge in [-0.25, -0.2) is 4.98 Å². The zero-order chi connectivity index (χ0) is 19.6. The van der Waals surface area contributed by atoms with Crippen molar-refractivity contribution in [2.45, 2.75) is 37.8 Å². The van der Waals surface area contributed by atoms with Gasteiger partial charge in [-0.2, -0.15) is 4.98 Å². The zero-order valence-corrected chi connectivity index (χ0v) is 16.6. The number of hydrogen-bond acceptors (Lipinski definition) is 6. The smallest absolute Gasteiger partial charge is 0.224 e. The Bertz CT molecular complexity index is 972. The van der Waals surface area contributed by atoms with Gasteiger partial charge < -0.3 is 25.2 Å². The van der Waals surface area contributed by atoms with Gasteiger partial charge in [0.2, 0.25) is 5.95 Å². The van der Waals surface area contributed by atoms with E-state index in [-0.39, 0.29) is 6.10 Å². The van der Waals surface area contributed by atoms with Gasteiger partial charge in [0, 0.05) is 55.7 Å². The number of piperazine rings is 1. The summed E-state index contributed by atoms with van der Waals surface area (Å²) in [7, 11) is 0. The number of nitrogens with one attached hydrogen (secondary N) is 2. The lowest BCUT2D eigenvalue weighted by atomic mass is 9.93. The molecule has 5 rings (SSSR count). The molecular formula is C22H28N6O. The molecule has 3 aromatic rings. The third-order valence-corrected chi connectivity index (χ3v) is 6.09. The molecule has 2 aliphatic rings. The SMILES string of the molecule is O[C@H]1CC[C@H](Nc2nccc(-n3ccc4c(N5CCNCC5)cccc43)n2)CC1. The lowest BCUT2D eigenvalue weighted by Gasteiger charge is -2.30. The highest BCUT2D eigenvalue weighted by molar-refractivity contribution is 5.94. The molecule has 3 N–H and O–H groups in total. The molecule has 1 aromatic carbocycles. The van der Waals surface area contributed by atoms with Crippen LogP contribution in [-0.4, -0.2) is 58.0 Å². The van der Waals surface area contributed by atoms with Crippen molar-refractivity contribution in [1.29, 1.82) is 0 Å². The highest BCUT2D eigenvalue weighted by Gasteiger charge is 2.20. The lowest BCUT2D eigenvalue weighted by molar-refractivity contribution is 0.126. The second-order valence-corrected chi connectivity index (χ2v) is 8.02. The summed E-state index contributed by atoms with van der Waals surface area (Å²) in [5.41, 5.74) is 2.45. The molecule has 2 aromatic heterocycles. The molecule has 0 bridgehead atoms. The fourth-order valence-corrected chi connectivity index (χ4v) is 4.49. The molecule has 0 unspecified atom stereocenters. The number of nitrogens with zero attached hydrogens (tertiary/aromatic N) is 4. The number of aliphatic hydroxyl groups excluding tert-OH is 1. The van der Waals surface area contributed by atoms with Gasteiger partial charge in [-0.05, 0) is 49.9 Å². The number of aliphatic hydroxyl groups is 1. The topological polar surface area (TPSA) is 78.2 Å². The van der Waals surface area contributed by atoms with Gasteiger partial charge in [0.05, 0.1) is 11.6 Å². The summed E-state index contributed by atoms with van der Waals surface area (Å²) in [6, 6.07) is 11.0. The predicted octanol–water partition coefficient (Wildman–Crippen LogP) is 2.55. The highest BCUT2D eigenvalue weighted by Crippen LogP contribution is 2.30. The van der Waals surface area contributed by atoms with Crippen molar-refractivity contribution in [2.75, 3.05) is 36.4 Å². The second-order valence-electron chi connectivity index (χ2n) is 8.02. The minimum Gasteiger partial charge on any atom is -0.393 e. The van der Waals surface area contributed by atoms with Crippen molar-refractivity contribution in [2.24, 2.45) is 0 Å². The van der Waals surface area contributed by atoms with Gasteiger partial charge in [-0.3, -0.25) is 0 Å². The Balaban J connectivity index is 1.42. The Hall–Kier alpha value is -2.64. The minimum absolute atomic E-state index is 0.156. The largest absolute Gasteiger partial charge is 0.393 e. The van der Waals surface area contributed by atoms with Crippen molar-refractivity contribution in [3.8, 4) is 5.82 Å². The van der Waals surface area contributed by atoms with E-state index >= 15 is 0 Å². The molecule has 29 heavy (non-hydrogen) atoms. The van der Waals surface area contributed by atoms with Gasteiger partial charge in [-0.15, -0.1) is 0 Å². The number of hydrogen-bond donors (Lipinski definition) is 3. The van der Waals surface area contributed by atoms with Crippen LogP contribution >= 0.6 is 0 Å². The van der Waals surface area contributed by atoms with Gasteiger partial charge in [0.15, 0.2) is 0 Å². The molecule has 0 radical (unpaired) electrons. The first-order chi connectivity index (χ1) is 14.3. The molecule has 1 aliphatic carbocycles. The standard InChI is InChI=1S/C22H28N6O/c29-17-6-4-16(5-7-17)25-22-24-10-8-21(26-22)28-13-9-18-19(2-1-3-20(18)28)27-14-11-23-12-15-27/h1-3,8-10,13,16-17,23,29H,4-7,11-12,14-15H2,(H,24,25,26)/t16-,17-. The minimum atomic E-state index is -0.156. The quantitative estimate of drug-likeness (QED) is 0.633. The van der Waals surface area contributed by atoms with E-state index in [0.29, 0.717) is 12.0 Å². The van der Waals surface area contributed by atoms with E-state index in [2.05, 4.69) is 55.5 Å². The predicted molar refractivity (Wildman–Crippen MR) is 116 cm³/mol. The first-order valence-corrected chi connectivity index (χ1v) is 10.6. The molecule has 152 valence electrons. The summed E-state index contributed by atoms with van der Waals surface area (Å²) in [4.78, 5) is 11.6. The monoisotopic (exact) mass is 392 g/mol. The second kappa shape index (κ2) is 8.00. The molecule has 0 amide bonds. The van der Waals surface area contributed by atoms with Gasteiger partial charge in [0.25, 0.3) is 0 Å². The van der Waals surface area contributed by atoms with E-state index in [9.17, 15) is 5.11 Å². The maximum Gasteiger partial charge on any atom is 0.224 e. The fraction of sp³-hybridized carbons (Fsp3) is 0.455. The maximum absolute atomic E-state index is 9.71. The van der Waals surface area contributed by atoms with Crippen molar-refractivity contribution in [3.63, 3.8) is 0 Å². The number of aromatic nitrogens is 3. The normalized spacial score (nSPS) is 22.7. The molecule has 7 nitrogen and oxygen atoms in total. The number of fused-ring (bicyclic) bond motifs is 1. The van der Waals surface area contributed by atoms with Crippen LogP contribution in [0.1, 0.15) is 25.7 Å². The number of rotatable bonds is 4. The molecule has 7 heteroatoms. The van der Waals surface area contributed by atoms with Gasteiger partial charge >= 0.3 is 0 Å². The first-order valence-electron chi connectivity index (χ1n) is 10.6. The van der Waals surface area contributed by atoms with E-state index in [1.165, 1.54) is 11.1 Å². The van der Waals surface area contributed by atoms with Crippen molar-refractivity contribution >= 4 is 22.5 Å². The lowest BCUT2D eigenvalue weighted by Crippen LogP contribution is -2.43. The summed E-state index contributed by atoms with van der Waals surface area (Å²) in [6.45, 7) is 4.11. The van der Waals surface area contributed by atoms with E-state index < -0.39 is 0 Å². The maximum atomic E-state index is 9.71. The van der Waals surface area contributed by atoms with E-state index in [4.69, 9.17) is 4.98 Å². The summed E-state index contributed by atoms with van der Waals surface area (Å²) in [6.07, 6.45) is 7.34. The van der Waals surface area contributed by atoms with Crippen molar-refractivity contribution in [3.05, 3.63) is 42.7 Å².